The fourth-order valence-electron chi connectivity index (χ4n) is 6.53. The first kappa shape index (κ1) is 15.2. The summed E-state index contributed by atoms with van der Waals surface area (Å²) >= 11 is 0. The summed E-state index contributed by atoms with van der Waals surface area (Å²) < 4.78 is 0. The highest BCUT2D eigenvalue weighted by molar-refractivity contribution is 5.07. The summed E-state index contributed by atoms with van der Waals surface area (Å²) in [7, 11) is 2.46. The third-order valence-electron chi connectivity index (χ3n) is 7.83. The Kier molecular flexibility index (Phi) is 4.37. The lowest BCUT2D eigenvalue weighted by Crippen LogP contribution is -2.53. The zero-order chi connectivity index (χ0) is 15.1. The van der Waals surface area contributed by atoms with Gasteiger partial charge in [0.15, 0.2) is 0 Å². The van der Waals surface area contributed by atoms with Crippen LogP contribution >= 0.6 is 0 Å². The molecule has 0 amide bonds. The highest BCUT2D eigenvalue weighted by atomic mass is 15.2. The predicted octanol–water partition coefficient (Wildman–Crippen LogP) is 5.27. The van der Waals surface area contributed by atoms with E-state index in [1.165, 1.54) is 51.4 Å². The van der Waals surface area contributed by atoms with Crippen LogP contribution < -0.4 is 0 Å². The molecule has 7 unspecified atom stereocenters. The molecule has 0 N–H and O–H groups in total. The molecule has 7 atom stereocenters. The number of fused-ring (bicyclic) bond motifs is 3. The molecule has 124 valence electrons. The van der Waals surface area contributed by atoms with E-state index in [2.05, 4.69) is 31.0 Å². The molecule has 2 saturated carbocycles. The second kappa shape index (κ2) is 6.30. The fraction of sp³-hybridized carbons (Fsp3) is 0.905. The minimum Gasteiger partial charge on any atom is -0.300 e. The van der Waals surface area contributed by atoms with Gasteiger partial charge in [0.05, 0.1) is 0 Å². The topological polar surface area (TPSA) is 3.24 Å². The van der Waals surface area contributed by atoms with Crippen LogP contribution in [0.5, 0.6) is 0 Å². The van der Waals surface area contributed by atoms with E-state index in [0.717, 1.165) is 41.7 Å². The van der Waals surface area contributed by atoms with Crippen LogP contribution in [0.3, 0.4) is 0 Å². The number of unbranched alkanes of at least 4 members (excludes halogenated alkanes) is 1. The van der Waals surface area contributed by atoms with Gasteiger partial charge in [-0.2, -0.15) is 0 Å². The highest BCUT2D eigenvalue weighted by Gasteiger charge is 2.46. The molecule has 1 heteroatoms. The maximum atomic E-state index is 2.83. The number of hydrogen-bond acceptors (Lipinski definition) is 1. The van der Waals surface area contributed by atoms with Crippen molar-refractivity contribution < 1.29 is 0 Å². The highest BCUT2D eigenvalue weighted by Crippen LogP contribution is 2.52. The van der Waals surface area contributed by atoms with E-state index in [1.807, 2.05) is 0 Å². The number of rotatable bonds is 3. The van der Waals surface area contributed by atoms with Crippen molar-refractivity contribution in [3.05, 3.63) is 12.2 Å². The molecular formula is C21H35N. The minimum atomic E-state index is 0.889. The first-order valence-corrected chi connectivity index (χ1v) is 10.1. The van der Waals surface area contributed by atoms with Crippen LogP contribution in [0.15, 0.2) is 12.2 Å². The SMILES string of the molecule is CCCCC1CCC2CC3CC4CC=CC4CC3CC2N1C. The van der Waals surface area contributed by atoms with Crippen molar-refractivity contribution >= 4 is 0 Å². The average molecular weight is 302 g/mol. The Morgan fingerprint density at radius 3 is 2.64 bits per heavy atom. The Hall–Kier alpha value is -0.300. The van der Waals surface area contributed by atoms with Gasteiger partial charge in [0.1, 0.15) is 0 Å². The molecule has 0 radical (unpaired) electrons. The van der Waals surface area contributed by atoms with Crippen molar-refractivity contribution in [2.75, 3.05) is 7.05 Å². The van der Waals surface area contributed by atoms with Gasteiger partial charge in [-0.25, -0.2) is 0 Å². The van der Waals surface area contributed by atoms with Crippen LogP contribution in [0.4, 0.5) is 0 Å². The van der Waals surface area contributed by atoms with Crippen LogP contribution in [-0.4, -0.2) is 24.0 Å². The molecule has 1 saturated heterocycles. The Bertz CT molecular complexity index is 414. The summed E-state index contributed by atoms with van der Waals surface area (Å²) in [5.41, 5.74) is 0. The van der Waals surface area contributed by atoms with Gasteiger partial charge < -0.3 is 4.90 Å². The summed E-state index contributed by atoms with van der Waals surface area (Å²) in [4.78, 5) is 2.83. The van der Waals surface area contributed by atoms with Crippen molar-refractivity contribution in [2.45, 2.75) is 83.2 Å². The van der Waals surface area contributed by atoms with Gasteiger partial charge in [0.25, 0.3) is 0 Å². The summed E-state index contributed by atoms with van der Waals surface area (Å²) in [6, 6.07) is 1.80. The Labute approximate surface area is 137 Å². The van der Waals surface area contributed by atoms with Crippen molar-refractivity contribution in [1.82, 2.24) is 4.90 Å². The molecule has 0 aromatic rings. The molecule has 3 fully saturated rings. The van der Waals surface area contributed by atoms with Gasteiger partial charge in [0, 0.05) is 12.1 Å². The predicted molar refractivity (Wildman–Crippen MR) is 93.8 cm³/mol. The van der Waals surface area contributed by atoms with Gasteiger partial charge in [-0.05, 0) is 88.0 Å². The van der Waals surface area contributed by atoms with Gasteiger partial charge in [-0.1, -0.05) is 31.9 Å². The second-order valence-corrected chi connectivity index (χ2v) is 8.92. The standard InChI is InChI=1S/C21H35N/c1-3-4-8-20-10-9-17-13-18-11-15-6-5-7-16(15)12-19(18)14-21(17)22(20)2/h5,7,15-21H,3-4,6,8-14H2,1-2H3. The minimum absolute atomic E-state index is 0.889. The zero-order valence-corrected chi connectivity index (χ0v) is 14.7. The van der Waals surface area contributed by atoms with E-state index in [4.69, 9.17) is 0 Å². The first-order chi connectivity index (χ1) is 10.8. The van der Waals surface area contributed by atoms with Crippen LogP contribution in [0, 0.1) is 29.6 Å². The van der Waals surface area contributed by atoms with Gasteiger partial charge in [0.2, 0.25) is 0 Å². The van der Waals surface area contributed by atoms with Crippen LogP contribution in [-0.2, 0) is 0 Å². The summed E-state index contributed by atoms with van der Waals surface area (Å²) in [6.45, 7) is 2.34. The van der Waals surface area contributed by atoms with Crippen molar-refractivity contribution in [1.29, 1.82) is 0 Å². The van der Waals surface area contributed by atoms with Crippen molar-refractivity contribution in [3.8, 4) is 0 Å². The summed E-state index contributed by atoms with van der Waals surface area (Å²) in [5, 5.41) is 0. The molecule has 3 aliphatic carbocycles. The Balaban J connectivity index is 1.42. The molecular weight excluding hydrogens is 266 g/mol. The molecule has 1 nitrogen and oxygen atoms in total. The summed E-state index contributed by atoms with van der Waals surface area (Å²) in [6.07, 6.45) is 19.8. The molecule has 0 bridgehead atoms. The van der Waals surface area contributed by atoms with Gasteiger partial charge >= 0.3 is 0 Å². The van der Waals surface area contributed by atoms with Crippen LogP contribution in [0.2, 0.25) is 0 Å². The van der Waals surface area contributed by atoms with E-state index < -0.39 is 0 Å². The lowest BCUT2D eigenvalue weighted by Gasteiger charge is -2.53. The number of piperidine rings is 1. The third-order valence-corrected chi connectivity index (χ3v) is 7.83. The van der Waals surface area contributed by atoms with E-state index >= 15 is 0 Å². The van der Waals surface area contributed by atoms with Crippen LogP contribution in [0.1, 0.15) is 71.1 Å². The van der Waals surface area contributed by atoms with Gasteiger partial charge in [-0.15, -0.1) is 0 Å². The van der Waals surface area contributed by atoms with E-state index in [-0.39, 0.29) is 0 Å². The number of allylic oxidation sites excluding steroid dienone is 2. The number of hydrogen-bond donors (Lipinski definition) is 0. The molecule has 0 aromatic heterocycles. The maximum absolute atomic E-state index is 2.83. The molecule has 4 aliphatic rings. The zero-order valence-electron chi connectivity index (χ0n) is 14.7. The van der Waals surface area contributed by atoms with Crippen molar-refractivity contribution in [2.24, 2.45) is 29.6 Å². The molecule has 1 aliphatic heterocycles. The monoisotopic (exact) mass is 301 g/mol. The van der Waals surface area contributed by atoms with Gasteiger partial charge in [-0.3, -0.25) is 0 Å². The summed E-state index contributed by atoms with van der Waals surface area (Å²) in [5.74, 6) is 5.11. The molecule has 0 spiro atoms. The first-order valence-electron chi connectivity index (χ1n) is 10.1. The molecule has 0 aromatic carbocycles. The Morgan fingerprint density at radius 1 is 0.955 bits per heavy atom. The lowest BCUT2D eigenvalue weighted by atomic mass is 9.59. The largest absolute Gasteiger partial charge is 0.300 e. The quantitative estimate of drug-likeness (QED) is 0.642. The van der Waals surface area contributed by atoms with Crippen molar-refractivity contribution in [3.63, 3.8) is 0 Å². The number of likely N-dealkylation sites (tertiary alicyclic amines) is 1. The van der Waals surface area contributed by atoms with Crippen LogP contribution in [0.25, 0.3) is 0 Å². The third kappa shape index (κ3) is 2.68. The van der Waals surface area contributed by atoms with E-state index in [1.54, 1.807) is 12.8 Å². The molecule has 22 heavy (non-hydrogen) atoms. The fourth-order valence-corrected chi connectivity index (χ4v) is 6.53. The average Bonchev–Trinajstić information content (AvgIpc) is 2.98. The van der Waals surface area contributed by atoms with E-state index in [9.17, 15) is 0 Å². The lowest BCUT2D eigenvalue weighted by molar-refractivity contribution is -0.0306. The second-order valence-electron chi connectivity index (χ2n) is 8.92. The number of nitrogens with zero attached hydrogens (tertiary/aromatic N) is 1. The molecule has 1 heterocycles. The Morgan fingerprint density at radius 2 is 1.77 bits per heavy atom. The van der Waals surface area contributed by atoms with E-state index in [0.29, 0.717) is 0 Å². The smallest absolute Gasteiger partial charge is 0.0126 e. The normalized spacial score (nSPS) is 47.8. The maximum Gasteiger partial charge on any atom is 0.0126 e. The molecule has 4 rings (SSSR count).